The molecule has 2 heterocycles. The third-order valence-electron chi connectivity index (χ3n) is 4.03. The molecule has 3 aromatic rings. The molecule has 0 radical (unpaired) electrons. The molecule has 0 aliphatic heterocycles. The molecule has 1 aromatic carbocycles. The Morgan fingerprint density at radius 3 is 2.39 bits per heavy atom. The second-order valence-electron chi connectivity index (χ2n) is 6.30. The summed E-state index contributed by atoms with van der Waals surface area (Å²) in [6, 6.07) is 6.29. The topological polar surface area (TPSA) is 61.0 Å². The monoisotopic (exact) mass is 395 g/mol. The van der Waals surface area contributed by atoms with E-state index in [-0.39, 0.29) is 5.82 Å². The number of benzene rings is 1. The number of hydrogen-bond acceptors (Lipinski definition) is 5. The van der Waals surface area contributed by atoms with Crippen LogP contribution in [-0.2, 0) is 12.6 Å². The second-order valence-corrected chi connectivity index (χ2v) is 6.30. The zero-order valence-electron chi connectivity index (χ0n) is 15.2. The van der Waals surface area contributed by atoms with Crippen molar-refractivity contribution in [2.75, 3.05) is 6.61 Å². The van der Waals surface area contributed by atoms with Crippen LogP contribution in [0.25, 0.3) is 11.4 Å². The van der Waals surface area contributed by atoms with Gasteiger partial charge < -0.3 is 9.26 Å². The average molecular weight is 395 g/mol. The van der Waals surface area contributed by atoms with Gasteiger partial charge in [-0.05, 0) is 61.6 Å². The number of hydrogen-bond donors (Lipinski definition) is 0. The molecule has 3 rings (SSSR count). The Balaban J connectivity index is 1.65. The number of alkyl halides is 3. The molecular weight excluding hydrogens is 378 g/mol. The first-order valence-electron chi connectivity index (χ1n) is 8.50. The summed E-state index contributed by atoms with van der Waals surface area (Å²) >= 11 is 0. The van der Waals surface area contributed by atoms with Crippen molar-refractivity contribution in [2.45, 2.75) is 32.9 Å². The van der Waals surface area contributed by atoms with Gasteiger partial charge in [-0.15, -0.1) is 0 Å². The van der Waals surface area contributed by atoms with Gasteiger partial charge in [-0.25, -0.2) is 4.98 Å². The SMILES string of the molecule is Cc1cc(-c2noc(C(F)(F)F)n2)cc(C)c1OCCCc1ccc(F)nc1. The van der Waals surface area contributed by atoms with E-state index in [1.54, 1.807) is 32.0 Å². The van der Waals surface area contributed by atoms with Gasteiger partial charge in [-0.3, -0.25) is 0 Å². The molecule has 148 valence electrons. The number of aryl methyl sites for hydroxylation is 3. The van der Waals surface area contributed by atoms with Gasteiger partial charge in [0.05, 0.1) is 6.61 Å². The highest BCUT2D eigenvalue weighted by Crippen LogP contribution is 2.32. The lowest BCUT2D eigenvalue weighted by atomic mass is 10.1. The van der Waals surface area contributed by atoms with E-state index in [2.05, 4.69) is 19.6 Å². The first-order valence-corrected chi connectivity index (χ1v) is 8.50. The van der Waals surface area contributed by atoms with E-state index in [0.717, 1.165) is 16.7 Å². The molecule has 28 heavy (non-hydrogen) atoms. The lowest BCUT2D eigenvalue weighted by Crippen LogP contribution is -2.05. The van der Waals surface area contributed by atoms with E-state index in [1.165, 1.54) is 12.3 Å². The molecule has 0 aliphatic carbocycles. The highest BCUT2D eigenvalue weighted by molar-refractivity contribution is 5.61. The third-order valence-corrected chi connectivity index (χ3v) is 4.03. The van der Waals surface area contributed by atoms with Crippen LogP contribution in [0.15, 0.2) is 35.0 Å². The molecule has 0 fully saturated rings. The van der Waals surface area contributed by atoms with Crippen molar-refractivity contribution in [3.8, 4) is 17.1 Å². The molecule has 0 bridgehead atoms. The number of pyridine rings is 1. The summed E-state index contributed by atoms with van der Waals surface area (Å²) in [5.74, 6) is -1.38. The minimum absolute atomic E-state index is 0.131. The predicted molar refractivity (Wildman–Crippen MR) is 92.2 cm³/mol. The molecular formula is C19H17F4N3O2. The summed E-state index contributed by atoms with van der Waals surface area (Å²) < 4.78 is 60.7. The summed E-state index contributed by atoms with van der Waals surface area (Å²) in [6.45, 7) is 4.01. The van der Waals surface area contributed by atoms with Gasteiger partial charge in [0.1, 0.15) is 5.75 Å². The quantitative estimate of drug-likeness (QED) is 0.337. The van der Waals surface area contributed by atoms with E-state index < -0.39 is 18.0 Å². The van der Waals surface area contributed by atoms with E-state index in [9.17, 15) is 17.6 Å². The van der Waals surface area contributed by atoms with E-state index in [1.807, 2.05) is 0 Å². The molecule has 5 nitrogen and oxygen atoms in total. The first kappa shape index (κ1) is 19.8. The molecule has 0 aliphatic rings. The van der Waals surface area contributed by atoms with Crippen LogP contribution in [0, 0.1) is 19.8 Å². The lowest BCUT2D eigenvalue weighted by Gasteiger charge is -2.13. The minimum atomic E-state index is -4.68. The molecule has 0 unspecified atom stereocenters. The van der Waals surface area contributed by atoms with Crippen molar-refractivity contribution in [3.63, 3.8) is 0 Å². The zero-order valence-corrected chi connectivity index (χ0v) is 15.2. The smallest absolute Gasteiger partial charge is 0.471 e. The molecule has 0 amide bonds. The van der Waals surface area contributed by atoms with E-state index >= 15 is 0 Å². The Kier molecular flexibility index (Phi) is 5.62. The van der Waals surface area contributed by atoms with Gasteiger partial charge in [0.15, 0.2) is 0 Å². The summed E-state index contributed by atoms with van der Waals surface area (Å²) in [5, 5.41) is 3.40. The fourth-order valence-corrected chi connectivity index (χ4v) is 2.77. The van der Waals surface area contributed by atoms with Crippen LogP contribution in [0.5, 0.6) is 5.75 Å². The number of aromatic nitrogens is 3. The highest BCUT2D eigenvalue weighted by atomic mass is 19.4. The summed E-state index contributed by atoms with van der Waals surface area (Å²) in [6.07, 6.45) is -1.81. The fourth-order valence-electron chi connectivity index (χ4n) is 2.77. The van der Waals surface area contributed by atoms with Gasteiger partial charge in [0.25, 0.3) is 0 Å². The number of halogens is 4. The third kappa shape index (κ3) is 4.65. The maximum Gasteiger partial charge on any atom is 0.471 e. The van der Waals surface area contributed by atoms with Crippen LogP contribution >= 0.6 is 0 Å². The van der Waals surface area contributed by atoms with Crippen LogP contribution < -0.4 is 4.74 Å². The Hall–Kier alpha value is -2.97. The van der Waals surface area contributed by atoms with Crippen molar-refractivity contribution in [3.05, 3.63) is 59.0 Å². The molecule has 2 aromatic heterocycles. The Labute approximate surface area is 158 Å². The summed E-state index contributed by atoms with van der Waals surface area (Å²) in [4.78, 5) is 7.00. The number of rotatable bonds is 6. The highest BCUT2D eigenvalue weighted by Gasteiger charge is 2.38. The Morgan fingerprint density at radius 1 is 1.11 bits per heavy atom. The van der Waals surface area contributed by atoms with Crippen molar-refractivity contribution in [2.24, 2.45) is 0 Å². The van der Waals surface area contributed by atoms with Gasteiger partial charge in [-0.1, -0.05) is 11.2 Å². The Morgan fingerprint density at radius 2 is 1.82 bits per heavy atom. The molecule has 0 saturated carbocycles. The van der Waals surface area contributed by atoms with Crippen molar-refractivity contribution >= 4 is 0 Å². The van der Waals surface area contributed by atoms with Crippen molar-refractivity contribution in [1.29, 1.82) is 0 Å². The average Bonchev–Trinajstić information content (AvgIpc) is 3.12. The predicted octanol–water partition coefficient (Wildman–Crippen LogP) is 4.92. The maximum atomic E-state index is 12.8. The normalized spacial score (nSPS) is 11.6. The van der Waals surface area contributed by atoms with Gasteiger partial charge in [-0.2, -0.15) is 22.5 Å². The van der Waals surface area contributed by atoms with Crippen LogP contribution in [0.3, 0.4) is 0 Å². The zero-order chi connectivity index (χ0) is 20.3. The fraction of sp³-hybridized carbons (Fsp3) is 0.316. The van der Waals surface area contributed by atoms with Gasteiger partial charge in [0, 0.05) is 11.8 Å². The number of ether oxygens (including phenoxy) is 1. The van der Waals surface area contributed by atoms with E-state index in [4.69, 9.17) is 4.74 Å². The van der Waals surface area contributed by atoms with Gasteiger partial charge >= 0.3 is 12.1 Å². The van der Waals surface area contributed by atoms with Gasteiger partial charge in [0.2, 0.25) is 11.8 Å². The van der Waals surface area contributed by atoms with Crippen LogP contribution in [0.2, 0.25) is 0 Å². The molecule has 0 atom stereocenters. The molecule has 9 heteroatoms. The summed E-state index contributed by atoms with van der Waals surface area (Å²) in [5.41, 5.74) is 2.82. The Bertz CT molecular complexity index is 930. The second kappa shape index (κ2) is 7.95. The van der Waals surface area contributed by atoms with Crippen molar-refractivity contribution < 1.29 is 26.8 Å². The van der Waals surface area contributed by atoms with Crippen molar-refractivity contribution in [1.82, 2.24) is 15.1 Å². The van der Waals surface area contributed by atoms with Crippen LogP contribution in [0.4, 0.5) is 17.6 Å². The molecule has 0 saturated heterocycles. The first-order chi connectivity index (χ1) is 13.2. The molecule has 0 spiro atoms. The lowest BCUT2D eigenvalue weighted by molar-refractivity contribution is -0.159. The van der Waals surface area contributed by atoms with Crippen LogP contribution in [-0.4, -0.2) is 21.7 Å². The number of nitrogens with zero attached hydrogens (tertiary/aromatic N) is 3. The molecule has 0 N–H and O–H groups in total. The van der Waals surface area contributed by atoms with E-state index in [0.29, 0.717) is 30.8 Å². The summed E-state index contributed by atoms with van der Waals surface area (Å²) in [7, 11) is 0. The minimum Gasteiger partial charge on any atom is -0.493 e. The standard InChI is InChI=1S/C19H17F4N3O2/c1-11-8-14(17-25-18(28-26-17)19(21,22)23)9-12(2)16(11)27-7-3-4-13-5-6-15(20)24-10-13/h5-6,8-10H,3-4,7H2,1-2H3. The van der Waals surface area contributed by atoms with Crippen LogP contribution in [0.1, 0.15) is 29.0 Å². The maximum absolute atomic E-state index is 12.8. The largest absolute Gasteiger partial charge is 0.493 e.